The number of hydrogen-bond donors (Lipinski definition) is 5. The van der Waals surface area contributed by atoms with Crippen molar-refractivity contribution in [3.63, 3.8) is 0 Å². The molecule has 0 spiro atoms. The SMILES string of the molecule is O=C(O)C(O)(c1ccccc1)c1ccccc1.O=P(O)(O)O. The predicted molar refractivity (Wildman–Crippen MR) is 77.8 cm³/mol. The highest BCUT2D eigenvalue weighted by atomic mass is 31.2. The van der Waals surface area contributed by atoms with Crippen LogP contribution in [0, 0.1) is 0 Å². The number of aliphatic carboxylic acids is 1. The molecule has 8 heteroatoms. The van der Waals surface area contributed by atoms with Crippen molar-refractivity contribution in [3.05, 3.63) is 71.8 Å². The summed E-state index contributed by atoms with van der Waals surface area (Å²) < 4.78 is 8.88. The van der Waals surface area contributed by atoms with Gasteiger partial charge in [-0.1, -0.05) is 60.7 Å². The van der Waals surface area contributed by atoms with Gasteiger partial charge in [0.05, 0.1) is 0 Å². The largest absolute Gasteiger partial charge is 0.479 e. The van der Waals surface area contributed by atoms with Crippen molar-refractivity contribution in [1.82, 2.24) is 0 Å². The fourth-order valence-corrected chi connectivity index (χ4v) is 1.77. The van der Waals surface area contributed by atoms with E-state index in [-0.39, 0.29) is 0 Å². The monoisotopic (exact) mass is 326 g/mol. The first kappa shape index (κ1) is 18.0. The number of carbonyl (C=O) groups is 1. The normalized spacial score (nSPS) is 11.3. The molecule has 0 unspecified atom stereocenters. The van der Waals surface area contributed by atoms with Crippen LogP contribution in [-0.2, 0) is 15.0 Å². The van der Waals surface area contributed by atoms with Crippen LogP contribution in [0.4, 0.5) is 0 Å². The fraction of sp³-hybridized carbons (Fsp3) is 0.0714. The highest BCUT2D eigenvalue weighted by molar-refractivity contribution is 7.45. The van der Waals surface area contributed by atoms with Gasteiger partial charge in [-0.2, -0.15) is 0 Å². The average molecular weight is 326 g/mol. The fourth-order valence-electron chi connectivity index (χ4n) is 1.77. The van der Waals surface area contributed by atoms with E-state index in [0.29, 0.717) is 11.1 Å². The van der Waals surface area contributed by atoms with Crippen LogP contribution < -0.4 is 0 Å². The lowest BCUT2D eigenvalue weighted by Gasteiger charge is -2.24. The lowest BCUT2D eigenvalue weighted by atomic mass is 9.86. The standard InChI is InChI=1S/C14H12O3.H3O4P/c15-13(16)14(17,11-7-3-1-4-8-11)12-9-5-2-6-10-12;1-5(2,3)4/h1-10,17H,(H,15,16);(H3,1,2,3,4). The molecular formula is C14H15O7P. The zero-order chi connectivity index (χ0) is 16.8. The van der Waals surface area contributed by atoms with Crippen molar-refractivity contribution in [1.29, 1.82) is 0 Å². The van der Waals surface area contributed by atoms with Crippen LogP contribution in [0.1, 0.15) is 11.1 Å². The van der Waals surface area contributed by atoms with E-state index in [1.54, 1.807) is 60.7 Å². The number of carboxylic acid groups (broad SMARTS) is 1. The van der Waals surface area contributed by atoms with Crippen LogP contribution in [0.25, 0.3) is 0 Å². The summed E-state index contributed by atoms with van der Waals surface area (Å²) in [6, 6.07) is 16.7. The Kier molecular flexibility index (Phi) is 5.99. The van der Waals surface area contributed by atoms with Crippen molar-refractivity contribution < 1.29 is 34.3 Å². The maximum absolute atomic E-state index is 11.4. The predicted octanol–water partition coefficient (Wildman–Crippen LogP) is 1.08. The highest BCUT2D eigenvalue weighted by Crippen LogP contribution is 2.29. The van der Waals surface area contributed by atoms with Crippen molar-refractivity contribution in [3.8, 4) is 0 Å². The van der Waals surface area contributed by atoms with Gasteiger partial charge in [0, 0.05) is 0 Å². The Bertz CT molecular complexity index is 604. The molecule has 0 amide bonds. The van der Waals surface area contributed by atoms with Gasteiger partial charge in [0.1, 0.15) is 0 Å². The number of phosphoric acid groups is 1. The summed E-state index contributed by atoms with van der Waals surface area (Å²) in [5.74, 6) is -1.28. The molecule has 0 bridgehead atoms. The van der Waals surface area contributed by atoms with Gasteiger partial charge in [-0.05, 0) is 11.1 Å². The molecule has 118 valence electrons. The Labute approximate surface area is 126 Å². The minimum atomic E-state index is -4.64. The lowest BCUT2D eigenvalue weighted by Crippen LogP contribution is -2.36. The van der Waals surface area contributed by atoms with Crippen molar-refractivity contribution in [2.45, 2.75) is 5.60 Å². The number of hydrogen-bond acceptors (Lipinski definition) is 3. The Morgan fingerprint density at radius 3 is 1.32 bits per heavy atom. The van der Waals surface area contributed by atoms with Gasteiger partial charge in [-0.15, -0.1) is 0 Å². The molecule has 22 heavy (non-hydrogen) atoms. The van der Waals surface area contributed by atoms with Gasteiger partial charge in [-0.25, -0.2) is 9.36 Å². The molecule has 0 atom stereocenters. The highest BCUT2D eigenvalue weighted by Gasteiger charge is 2.39. The van der Waals surface area contributed by atoms with Gasteiger partial charge in [-0.3, -0.25) is 0 Å². The molecular weight excluding hydrogens is 311 g/mol. The number of aliphatic hydroxyl groups is 1. The zero-order valence-electron chi connectivity index (χ0n) is 11.3. The van der Waals surface area contributed by atoms with Crippen molar-refractivity contribution in [2.75, 3.05) is 0 Å². The summed E-state index contributed by atoms with van der Waals surface area (Å²) >= 11 is 0. The number of rotatable bonds is 3. The molecule has 2 aromatic carbocycles. The Balaban J connectivity index is 0.000000422. The quantitative estimate of drug-likeness (QED) is 0.532. The second-order valence-corrected chi connectivity index (χ2v) is 5.29. The molecule has 2 rings (SSSR count). The van der Waals surface area contributed by atoms with E-state index < -0.39 is 19.4 Å². The molecule has 2 aromatic rings. The first-order valence-corrected chi connectivity index (χ1v) is 7.57. The molecule has 0 fully saturated rings. The zero-order valence-corrected chi connectivity index (χ0v) is 12.2. The van der Waals surface area contributed by atoms with Gasteiger partial charge >= 0.3 is 13.8 Å². The summed E-state index contributed by atoms with van der Waals surface area (Å²) in [4.78, 5) is 32.9. The molecule has 0 saturated carbocycles. The van der Waals surface area contributed by atoms with Crippen LogP contribution in [0.15, 0.2) is 60.7 Å². The summed E-state index contributed by atoms with van der Waals surface area (Å²) in [5.41, 5.74) is -1.31. The molecule has 0 aliphatic rings. The number of benzene rings is 2. The van der Waals surface area contributed by atoms with Crippen LogP contribution in [0.5, 0.6) is 0 Å². The molecule has 0 heterocycles. The summed E-state index contributed by atoms with van der Waals surface area (Å²) in [6.07, 6.45) is 0. The second-order valence-electron chi connectivity index (χ2n) is 4.26. The smallest absolute Gasteiger partial charge is 0.466 e. The van der Waals surface area contributed by atoms with Crippen LogP contribution in [0.2, 0.25) is 0 Å². The Morgan fingerprint density at radius 1 is 0.818 bits per heavy atom. The summed E-state index contributed by atoms with van der Waals surface area (Å²) in [7, 11) is -4.64. The number of carboxylic acids is 1. The minimum Gasteiger partial charge on any atom is -0.479 e. The van der Waals surface area contributed by atoms with Gasteiger partial charge in [0.25, 0.3) is 0 Å². The Hall–Kier alpha value is -2.02. The van der Waals surface area contributed by atoms with E-state index in [4.69, 9.17) is 19.2 Å². The molecule has 0 radical (unpaired) electrons. The molecule has 0 saturated heterocycles. The molecule has 0 aromatic heterocycles. The third-order valence-corrected chi connectivity index (χ3v) is 2.69. The van der Waals surface area contributed by atoms with Crippen LogP contribution in [-0.4, -0.2) is 30.9 Å². The molecule has 5 N–H and O–H groups in total. The molecule has 0 aliphatic carbocycles. The van der Waals surface area contributed by atoms with E-state index in [1.807, 2.05) is 0 Å². The van der Waals surface area contributed by atoms with E-state index in [2.05, 4.69) is 0 Å². The first-order valence-electron chi connectivity index (χ1n) is 6.01. The van der Waals surface area contributed by atoms with Crippen LogP contribution >= 0.6 is 7.82 Å². The average Bonchev–Trinajstić information content (AvgIpc) is 2.46. The Morgan fingerprint density at radius 2 is 1.09 bits per heavy atom. The van der Waals surface area contributed by atoms with E-state index in [1.165, 1.54) is 0 Å². The van der Waals surface area contributed by atoms with Gasteiger partial charge < -0.3 is 24.9 Å². The van der Waals surface area contributed by atoms with E-state index in [0.717, 1.165) is 0 Å². The van der Waals surface area contributed by atoms with E-state index in [9.17, 15) is 15.0 Å². The van der Waals surface area contributed by atoms with Gasteiger partial charge in [0.15, 0.2) is 0 Å². The van der Waals surface area contributed by atoms with Gasteiger partial charge in [0.2, 0.25) is 5.60 Å². The first-order chi connectivity index (χ1) is 10.2. The maximum atomic E-state index is 11.4. The second kappa shape index (κ2) is 7.31. The molecule has 7 nitrogen and oxygen atoms in total. The lowest BCUT2D eigenvalue weighted by molar-refractivity contribution is -0.155. The summed E-state index contributed by atoms with van der Waals surface area (Å²) in [6.45, 7) is 0. The maximum Gasteiger partial charge on any atom is 0.466 e. The molecule has 0 aliphatic heterocycles. The van der Waals surface area contributed by atoms with Crippen LogP contribution in [0.3, 0.4) is 0 Å². The topological polar surface area (TPSA) is 135 Å². The van der Waals surface area contributed by atoms with Crippen molar-refractivity contribution >= 4 is 13.8 Å². The third kappa shape index (κ3) is 5.07. The minimum absolute atomic E-state index is 0.346. The summed E-state index contributed by atoms with van der Waals surface area (Å²) in [5, 5.41) is 19.7. The van der Waals surface area contributed by atoms with E-state index >= 15 is 0 Å². The van der Waals surface area contributed by atoms with Crippen molar-refractivity contribution in [2.24, 2.45) is 0 Å². The third-order valence-electron chi connectivity index (χ3n) is 2.69.